The van der Waals surface area contributed by atoms with Gasteiger partial charge in [0.05, 0.1) is 23.8 Å². The highest BCUT2D eigenvalue weighted by Gasteiger charge is 2.10. The number of nitrogens with one attached hydrogen (secondary N) is 1. The van der Waals surface area contributed by atoms with Gasteiger partial charge in [-0.1, -0.05) is 23.2 Å². The van der Waals surface area contributed by atoms with Gasteiger partial charge in [-0.15, -0.1) is 0 Å². The number of amides is 1. The van der Waals surface area contributed by atoms with Crippen LogP contribution in [-0.4, -0.2) is 26.2 Å². The predicted molar refractivity (Wildman–Crippen MR) is 61.8 cm³/mol. The number of hydroxylamine groups is 1. The smallest absolute Gasteiger partial charge is 0.276 e. The fourth-order valence-electron chi connectivity index (χ4n) is 0.968. The third-order valence-electron chi connectivity index (χ3n) is 1.73. The van der Waals surface area contributed by atoms with E-state index in [0.717, 1.165) is 0 Å². The minimum absolute atomic E-state index is 0.264. The van der Waals surface area contributed by atoms with E-state index in [1.807, 2.05) is 0 Å². The molecule has 1 rings (SSSR count). The van der Waals surface area contributed by atoms with Gasteiger partial charge in [-0.3, -0.25) is 9.63 Å². The molecule has 0 aliphatic carbocycles. The molecular weight excluding hydrogens is 253 g/mol. The molecule has 0 heterocycles. The molecule has 0 radical (unpaired) electrons. The number of ether oxygens (including phenoxy) is 1. The van der Waals surface area contributed by atoms with E-state index in [9.17, 15) is 4.79 Å². The molecule has 1 N–H and O–H groups in total. The van der Waals surface area contributed by atoms with E-state index in [4.69, 9.17) is 32.8 Å². The average Bonchev–Trinajstić information content (AvgIpc) is 2.27. The zero-order chi connectivity index (χ0) is 12.0. The van der Waals surface area contributed by atoms with Crippen LogP contribution in [0, 0.1) is 0 Å². The van der Waals surface area contributed by atoms with Crippen molar-refractivity contribution in [3.05, 3.63) is 33.8 Å². The molecule has 6 heteroatoms. The van der Waals surface area contributed by atoms with Gasteiger partial charge in [0.2, 0.25) is 0 Å². The van der Waals surface area contributed by atoms with E-state index in [-0.39, 0.29) is 12.2 Å². The van der Waals surface area contributed by atoms with Gasteiger partial charge in [0.25, 0.3) is 5.91 Å². The summed E-state index contributed by atoms with van der Waals surface area (Å²) in [5, 5.41) is 0.753. The Morgan fingerprint density at radius 3 is 2.81 bits per heavy atom. The Morgan fingerprint density at radius 1 is 1.38 bits per heavy atom. The molecule has 0 aliphatic heterocycles. The fourth-order valence-corrected chi connectivity index (χ4v) is 1.34. The lowest BCUT2D eigenvalue weighted by Crippen LogP contribution is -2.25. The molecular formula is C10H11Cl2NO3. The van der Waals surface area contributed by atoms with Gasteiger partial charge >= 0.3 is 0 Å². The summed E-state index contributed by atoms with van der Waals surface area (Å²) in [6, 6.07) is 4.62. The number of hydrogen-bond acceptors (Lipinski definition) is 3. The maximum absolute atomic E-state index is 11.6. The summed E-state index contributed by atoms with van der Waals surface area (Å²) in [6.45, 7) is 0.657. The summed E-state index contributed by atoms with van der Waals surface area (Å²) < 4.78 is 4.75. The van der Waals surface area contributed by atoms with Crippen LogP contribution in [0.2, 0.25) is 10.0 Å². The number of methoxy groups -OCH3 is 1. The summed E-state index contributed by atoms with van der Waals surface area (Å²) in [6.07, 6.45) is 0. The summed E-state index contributed by atoms with van der Waals surface area (Å²) in [5.41, 5.74) is 2.51. The zero-order valence-corrected chi connectivity index (χ0v) is 10.1. The Kier molecular flexibility index (Phi) is 5.55. The second-order valence-corrected chi connectivity index (χ2v) is 3.74. The van der Waals surface area contributed by atoms with Crippen molar-refractivity contribution in [2.24, 2.45) is 0 Å². The number of benzene rings is 1. The molecule has 0 fully saturated rings. The summed E-state index contributed by atoms with van der Waals surface area (Å²) in [4.78, 5) is 16.4. The van der Waals surface area contributed by atoms with E-state index in [1.54, 1.807) is 19.2 Å². The first-order valence-electron chi connectivity index (χ1n) is 4.51. The minimum atomic E-state index is -0.441. The minimum Gasteiger partial charge on any atom is -0.382 e. The summed E-state index contributed by atoms with van der Waals surface area (Å²) >= 11 is 11.6. The topological polar surface area (TPSA) is 47.6 Å². The van der Waals surface area contributed by atoms with Crippen LogP contribution in [0.25, 0.3) is 0 Å². The second kappa shape index (κ2) is 6.70. The van der Waals surface area contributed by atoms with E-state index in [1.165, 1.54) is 6.07 Å². The second-order valence-electron chi connectivity index (χ2n) is 2.90. The van der Waals surface area contributed by atoms with Crippen molar-refractivity contribution in [2.75, 3.05) is 20.3 Å². The Bertz CT molecular complexity index is 371. The van der Waals surface area contributed by atoms with Gasteiger partial charge in [0, 0.05) is 12.1 Å². The quantitative estimate of drug-likeness (QED) is 0.655. The highest BCUT2D eigenvalue weighted by molar-refractivity contribution is 6.35. The van der Waals surface area contributed by atoms with Gasteiger partial charge in [0.1, 0.15) is 0 Å². The Balaban J connectivity index is 2.55. The summed E-state index contributed by atoms with van der Waals surface area (Å²) in [7, 11) is 1.54. The number of rotatable bonds is 5. The van der Waals surface area contributed by atoms with E-state index in [2.05, 4.69) is 5.48 Å². The normalized spacial score (nSPS) is 10.2. The highest BCUT2D eigenvalue weighted by atomic mass is 35.5. The molecule has 4 nitrogen and oxygen atoms in total. The third-order valence-corrected chi connectivity index (χ3v) is 2.29. The Morgan fingerprint density at radius 2 is 2.12 bits per heavy atom. The van der Waals surface area contributed by atoms with Crippen molar-refractivity contribution in [3.63, 3.8) is 0 Å². The summed E-state index contributed by atoms with van der Waals surface area (Å²) in [5.74, 6) is -0.441. The Hall–Kier alpha value is -0.810. The van der Waals surface area contributed by atoms with Crippen LogP contribution in [-0.2, 0) is 9.57 Å². The first kappa shape index (κ1) is 13.3. The van der Waals surface area contributed by atoms with Crippen molar-refractivity contribution in [2.45, 2.75) is 0 Å². The maximum Gasteiger partial charge on any atom is 0.276 e. The lowest BCUT2D eigenvalue weighted by molar-refractivity contribution is 0.00890. The number of hydrogen-bond donors (Lipinski definition) is 1. The van der Waals surface area contributed by atoms with Crippen LogP contribution >= 0.6 is 23.2 Å². The molecule has 1 amide bonds. The van der Waals surface area contributed by atoms with Gasteiger partial charge in [-0.05, 0) is 18.2 Å². The van der Waals surface area contributed by atoms with Crippen LogP contribution in [0.15, 0.2) is 18.2 Å². The molecule has 0 saturated carbocycles. The maximum atomic E-state index is 11.6. The van der Waals surface area contributed by atoms with Crippen LogP contribution in [0.1, 0.15) is 10.4 Å². The number of carbonyl (C=O) groups is 1. The van der Waals surface area contributed by atoms with Crippen molar-refractivity contribution in [1.82, 2.24) is 5.48 Å². The molecule has 0 bridgehead atoms. The van der Waals surface area contributed by atoms with Gasteiger partial charge in [-0.25, -0.2) is 5.48 Å². The number of carbonyl (C=O) groups excluding carboxylic acids is 1. The molecule has 1 aromatic rings. The van der Waals surface area contributed by atoms with Gasteiger partial charge < -0.3 is 4.74 Å². The molecule has 16 heavy (non-hydrogen) atoms. The Labute approximate surface area is 103 Å². The first-order chi connectivity index (χ1) is 7.65. The molecule has 0 aromatic heterocycles. The largest absolute Gasteiger partial charge is 0.382 e. The average molecular weight is 264 g/mol. The molecule has 0 saturated heterocycles. The molecule has 0 spiro atoms. The van der Waals surface area contributed by atoms with E-state index >= 15 is 0 Å². The molecule has 0 aliphatic rings. The van der Waals surface area contributed by atoms with Gasteiger partial charge in [-0.2, -0.15) is 0 Å². The third kappa shape index (κ3) is 3.98. The SMILES string of the molecule is COCCONC(=O)c1cc(Cl)ccc1Cl. The van der Waals surface area contributed by atoms with Crippen LogP contribution in [0.3, 0.4) is 0 Å². The lowest BCUT2D eigenvalue weighted by Gasteiger charge is -2.06. The van der Waals surface area contributed by atoms with Crippen molar-refractivity contribution >= 4 is 29.1 Å². The standard InChI is InChI=1S/C10H11Cl2NO3/c1-15-4-5-16-13-10(14)8-6-7(11)2-3-9(8)12/h2-3,6H,4-5H2,1H3,(H,13,14). The predicted octanol–water partition coefficient (Wildman–Crippen LogP) is 2.30. The van der Waals surface area contributed by atoms with E-state index in [0.29, 0.717) is 16.7 Å². The first-order valence-corrected chi connectivity index (χ1v) is 5.27. The monoisotopic (exact) mass is 263 g/mol. The zero-order valence-electron chi connectivity index (χ0n) is 8.63. The van der Waals surface area contributed by atoms with E-state index < -0.39 is 5.91 Å². The lowest BCUT2D eigenvalue weighted by atomic mass is 10.2. The van der Waals surface area contributed by atoms with Crippen molar-refractivity contribution in [1.29, 1.82) is 0 Å². The molecule has 1 aromatic carbocycles. The van der Waals surface area contributed by atoms with Crippen molar-refractivity contribution < 1.29 is 14.4 Å². The van der Waals surface area contributed by atoms with Crippen LogP contribution < -0.4 is 5.48 Å². The van der Waals surface area contributed by atoms with Crippen LogP contribution in [0.4, 0.5) is 0 Å². The van der Waals surface area contributed by atoms with Crippen molar-refractivity contribution in [3.8, 4) is 0 Å². The molecule has 0 unspecified atom stereocenters. The number of halogens is 2. The molecule has 0 atom stereocenters. The van der Waals surface area contributed by atoms with Crippen LogP contribution in [0.5, 0.6) is 0 Å². The highest BCUT2D eigenvalue weighted by Crippen LogP contribution is 2.20. The molecule has 88 valence electrons. The van der Waals surface area contributed by atoms with Gasteiger partial charge in [0.15, 0.2) is 0 Å². The fraction of sp³-hybridized carbons (Fsp3) is 0.300.